The van der Waals surface area contributed by atoms with Gasteiger partial charge in [0, 0.05) is 13.2 Å². The predicted molar refractivity (Wildman–Crippen MR) is 69.7 cm³/mol. The van der Waals surface area contributed by atoms with Crippen molar-refractivity contribution in [2.45, 2.75) is 70.9 Å². The van der Waals surface area contributed by atoms with E-state index in [2.05, 4.69) is 26.1 Å². The van der Waals surface area contributed by atoms with Crippen LogP contribution in [-0.4, -0.2) is 25.3 Å². The molecule has 2 heteroatoms. The van der Waals surface area contributed by atoms with Gasteiger partial charge in [-0.05, 0) is 31.7 Å². The van der Waals surface area contributed by atoms with Crippen LogP contribution >= 0.6 is 0 Å². The first-order valence-electron chi connectivity index (χ1n) is 6.98. The van der Waals surface area contributed by atoms with Gasteiger partial charge < -0.3 is 10.1 Å². The molecular weight excluding hydrogens is 198 g/mol. The minimum Gasteiger partial charge on any atom is -0.377 e. The fourth-order valence-electron chi connectivity index (χ4n) is 3.36. The Labute approximate surface area is 101 Å². The Balaban J connectivity index is 2.73. The molecule has 0 aromatic heterocycles. The lowest BCUT2D eigenvalue weighted by Gasteiger charge is -2.40. The lowest BCUT2D eigenvalue weighted by atomic mass is 9.81. The third-order valence-corrected chi connectivity index (χ3v) is 4.16. The summed E-state index contributed by atoms with van der Waals surface area (Å²) in [6, 6.07) is 0.532. The van der Waals surface area contributed by atoms with Crippen LogP contribution in [0.2, 0.25) is 0 Å². The predicted octanol–water partition coefficient (Wildman–Crippen LogP) is 3.36. The summed E-state index contributed by atoms with van der Waals surface area (Å²) in [5, 5.41) is 3.68. The maximum Gasteiger partial charge on any atom is 0.0833 e. The second-order valence-electron chi connectivity index (χ2n) is 5.28. The van der Waals surface area contributed by atoms with Gasteiger partial charge in [-0.3, -0.25) is 0 Å². The van der Waals surface area contributed by atoms with E-state index in [-0.39, 0.29) is 5.60 Å². The van der Waals surface area contributed by atoms with E-state index in [1.54, 1.807) is 0 Å². The van der Waals surface area contributed by atoms with Crippen molar-refractivity contribution >= 4 is 0 Å². The summed E-state index contributed by atoms with van der Waals surface area (Å²) in [6.45, 7) is 7.89. The molecule has 0 aliphatic heterocycles. The summed E-state index contributed by atoms with van der Waals surface area (Å²) in [4.78, 5) is 0. The number of ether oxygens (including phenoxy) is 1. The van der Waals surface area contributed by atoms with Crippen molar-refractivity contribution in [2.75, 3.05) is 13.7 Å². The Bertz CT molecular complexity index is 187. The van der Waals surface area contributed by atoms with Gasteiger partial charge in [0.15, 0.2) is 0 Å². The zero-order valence-electron chi connectivity index (χ0n) is 11.5. The Morgan fingerprint density at radius 1 is 1.25 bits per heavy atom. The van der Waals surface area contributed by atoms with Gasteiger partial charge in [-0.15, -0.1) is 0 Å². The molecule has 1 N–H and O–H groups in total. The number of likely N-dealkylation sites (N-methyl/N-ethyl adjacent to an activating group) is 1. The van der Waals surface area contributed by atoms with E-state index < -0.39 is 0 Å². The summed E-state index contributed by atoms with van der Waals surface area (Å²) in [5.41, 5.74) is 0.116. The maximum atomic E-state index is 5.92. The molecule has 0 spiro atoms. The first-order valence-corrected chi connectivity index (χ1v) is 6.98. The summed E-state index contributed by atoms with van der Waals surface area (Å²) in [6.07, 6.45) is 7.68. The third kappa shape index (κ3) is 2.98. The second-order valence-corrected chi connectivity index (χ2v) is 5.28. The SMILES string of the molecule is CCCC(C)C(NCC)C1(OC)CCCC1. The quantitative estimate of drug-likeness (QED) is 0.720. The van der Waals surface area contributed by atoms with Crippen LogP contribution in [0.5, 0.6) is 0 Å². The highest BCUT2D eigenvalue weighted by Crippen LogP contribution is 2.39. The molecule has 0 saturated heterocycles. The summed E-state index contributed by atoms with van der Waals surface area (Å²) in [5.74, 6) is 0.711. The number of nitrogens with one attached hydrogen (secondary N) is 1. The summed E-state index contributed by atoms with van der Waals surface area (Å²) in [7, 11) is 1.90. The molecule has 1 saturated carbocycles. The van der Waals surface area contributed by atoms with E-state index in [1.165, 1.54) is 38.5 Å². The average molecular weight is 227 g/mol. The van der Waals surface area contributed by atoms with E-state index in [4.69, 9.17) is 4.74 Å². The first kappa shape index (κ1) is 14.0. The van der Waals surface area contributed by atoms with Gasteiger partial charge in [0.1, 0.15) is 0 Å². The Hall–Kier alpha value is -0.0800. The van der Waals surface area contributed by atoms with Crippen molar-refractivity contribution < 1.29 is 4.74 Å². The van der Waals surface area contributed by atoms with Gasteiger partial charge in [-0.2, -0.15) is 0 Å². The Morgan fingerprint density at radius 2 is 1.88 bits per heavy atom. The highest BCUT2D eigenvalue weighted by Gasteiger charge is 2.43. The van der Waals surface area contributed by atoms with Gasteiger partial charge in [0.2, 0.25) is 0 Å². The summed E-state index contributed by atoms with van der Waals surface area (Å²) < 4.78 is 5.92. The molecule has 0 aromatic carbocycles. The molecular formula is C14H29NO. The van der Waals surface area contributed by atoms with E-state index in [0.29, 0.717) is 12.0 Å². The van der Waals surface area contributed by atoms with Gasteiger partial charge >= 0.3 is 0 Å². The molecule has 2 unspecified atom stereocenters. The molecule has 2 atom stereocenters. The number of hydrogen-bond acceptors (Lipinski definition) is 2. The molecule has 2 nitrogen and oxygen atoms in total. The third-order valence-electron chi connectivity index (χ3n) is 4.16. The lowest BCUT2D eigenvalue weighted by Crippen LogP contribution is -2.53. The van der Waals surface area contributed by atoms with Gasteiger partial charge in [0.25, 0.3) is 0 Å². The van der Waals surface area contributed by atoms with Gasteiger partial charge in [0.05, 0.1) is 5.60 Å². The average Bonchev–Trinajstić information content (AvgIpc) is 2.75. The highest BCUT2D eigenvalue weighted by atomic mass is 16.5. The number of rotatable bonds is 7. The van der Waals surface area contributed by atoms with Crippen LogP contribution in [0, 0.1) is 5.92 Å². The van der Waals surface area contributed by atoms with Crippen molar-refractivity contribution in [3.05, 3.63) is 0 Å². The first-order chi connectivity index (χ1) is 7.70. The number of methoxy groups -OCH3 is 1. The van der Waals surface area contributed by atoms with Crippen LogP contribution in [0.1, 0.15) is 59.3 Å². The second kappa shape index (κ2) is 6.61. The molecule has 1 fully saturated rings. The largest absolute Gasteiger partial charge is 0.377 e. The van der Waals surface area contributed by atoms with Crippen molar-refractivity contribution in [1.29, 1.82) is 0 Å². The minimum absolute atomic E-state index is 0.116. The molecule has 0 heterocycles. The molecule has 0 bridgehead atoms. The number of hydrogen-bond donors (Lipinski definition) is 1. The van der Waals surface area contributed by atoms with Crippen molar-refractivity contribution in [2.24, 2.45) is 5.92 Å². The molecule has 1 aliphatic rings. The Kier molecular flexibility index (Phi) is 5.77. The zero-order valence-corrected chi connectivity index (χ0v) is 11.5. The highest BCUT2D eigenvalue weighted by molar-refractivity contribution is 4.98. The molecule has 0 radical (unpaired) electrons. The van der Waals surface area contributed by atoms with Gasteiger partial charge in [-0.25, -0.2) is 0 Å². The van der Waals surface area contributed by atoms with E-state index in [9.17, 15) is 0 Å². The normalized spacial score (nSPS) is 23.2. The standard InChI is InChI=1S/C14H29NO/c1-5-9-12(3)13(15-6-2)14(16-4)10-7-8-11-14/h12-13,15H,5-11H2,1-4H3. The lowest BCUT2D eigenvalue weighted by molar-refractivity contribution is -0.0504. The minimum atomic E-state index is 0.116. The topological polar surface area (TPSA) is 21.3 Å². The van der Waals surface area contributed by atoms with Crippen LogP contribution < -0.4 is 5.32 Å². The van der Waals surface area contributed by atoms with Crippen LogP contribution in [0.3, 0.4) is 0 Å². The van der Waals surface area contributed by atoms with E-state index in [1.807, 2.05) is 7.11 Å². The maximum absolute atomic E-state index is 5.92. The molecule has 1 aliphatic carbocycles. The van der Waals surface area contributed by atoms with E-state index >= 15 is 0 Å². The molecule has 0 amide bonds. The van der Waals surface area contributed by atoms with Crippen LogP contribution in [0.4, 0.5) is 0 Å². The van der Waals surface area contributed by atoms with Crippen LogP contribution in [0.25, 0.3) is 0 Å². The smallest absolute Gasteiger partial charge is 0.0833 e. The van der Waals surface area contributed by atoms with Crippen molar-refractivity contribution in [3.8, 4) is 0 Å². The molecule has 0 aromatic rings. The van der Waals surface area contributed by atoms with Gasteiger partial charge in [-0.1, -0.05) is 40.0 Å². The van der Waals surface area contributed by atoms with E-state index in [0.717, 1.165) is 6.54 Å². The van der Waals surface area contributed by atoms with Crippen LogP contribution in [0.15, 0.2) is 0 Å². The fraction of sp³-hybridized carbons (Fsp3) is 1.00. The zero-order chi connectivity index (χ0) is 12.0. The fourth-order valence-corrected chi connectivity index (χ4v) is 3.36. The monoisotopic (exact) mass is 227 g/mol. The van der Waals surface area contributed by atoms with Crippen molar-refractivity contribution in [3.63, 3.8) is 0 Å². The molecule has 96 valence electrons. The summed E-state index contributed by atoms with van der Waals surface area (Å²) >= 11 is 0. The molecule has 1 rings (SSSR count). The molecule has 16 heavy (non-hydrogen) atoms. The van der Waals surface area contributed by atoms with Crippen LogP contribution in [-0.2, 0) is 4.74 Å². The Morgan fingerprint density at radius 3 is 2.31 bits per heavy atom. The van der Waals surface area contributed by atoms with Crippen molar-refractivity contribution in [1.82, 2.24) is 5.32 Å².